The van der Waals surface area contributed by atoms with E-state index in [4.69, 9.17) is 5.26 Å². The van der Waals surface area contributed by atoms with Crippen molar-refractivity contribution in [1.82, 2.24) is 15.1 Å². The summed E-state index contributed by atoms with van der Waals surface area (Å²) in [6.45, 7) is 8.62. The van der Waals surface area contributed by atoms with Gasteiger partial charge in [0, 0.05) is 63.2 Å². The molecule has 0 spiro atoms. The van der Waals surface area contributed by atoms with E-state index < -0.39 is 0 Å². The number of hydrogen-bond acceptors (Lipinski definition) is 5. The smallest absolute Gasteiger partial charge is 0.319 e. The molecule has 34 heavy (non-hydrogen) atoms. The van der Waals surface area contributed by atoms with E-state index in [9.17, 15) is 4.79 Å². The van der Waals surface area contributed by atoms with E-state index in [2.05, 4.69) is 61.7 Å². The monoisotopic (exact) mass is 458 g/mol. The summed E-state index contributed by atoms with van der Waals surface area (Å²) >= 11 is 0. The summed E-state index contributed by atoms with van der Waals surface area (Å²) < 4.78 is 0. The number of nitriles is 1. The third-order valence-corrected chi connectivity index (χ3v) is 7.75. The molecule has 4 aliphatic heterocycles. The van der Waals surface area contributed by atoms with Crippen LogP contribution in [0, 0.1) is 23.2 Å². The van der Waals surface area contributed by atoms with Crippen molar-refractivity contribution in [2.75, 3.05) is 62.6 Å². The van der Waals surface area contributed by atoms with Gasteiger partial charge in [-0.05, 0) is 61.6 Å². The number of para-hydroxylation sites is 1. The van der Waals surface area contributed by atoms with Crippen molar-refractivity contribution >= 4 is 17.4 Å². The highest BCUT2D eigenvalue weighted by Gasteiger charge is 2.40. The van der Waals surface area contributed by atoms with Crippen LogP contribution < -0.4 is 15.5 Å². The normalized spacial score (nSPS) is 26.6. The molecule has 4 aliphatic rings. The zero-order valence-electron chi connectivity index (χ0n) is 19.7. The lowest BCUT2D eigenvalue weighted by Gasteiger charge is -2.51. The summed E-state index contributed by atoms with van der Waals surface area (Å²) in [7, 11) is 0. The fourth-order valence-corrected chi connectivity index (χ4v) is 5.88. The lowest BCUT2D eigenvalue weighted by molar-refractivity contribution is -0.0114. The minimum Gasteiger partial charge on any atom is -0.369 e. The average Bonchev–Trinajstić information content (AvgIpc) is 2.89. The molecule has 4 heterocycles. The van der Waals surface area contributed by atoms with Crippen LogP contribution in [-0.2, 0) is 0 Å². The molecule has 4 atom stereocenters. The number of fused-ring (bicyclic) bond motifs is 3. The molecular weight excluding hydrogens is 424 g/mol. The Morgan fingerprint density at radius 2 is 1.85 bits per heavy atom. The van der Waals surface area contributed by atoms with Gasteiger partial charge in [-0.15, -0.1) is 0 Å². The van der Waals surface area contributed by atoms with Crippen molar-refractivity contribution in [1.29, 1.82) is 5.26 Å². The zero-order chi connectivity index (χ0) is 23.3. The van der Waals surface area contributed by atoms with Crippen LogP contribution in [0.25, 0.3) is 0 Å². The molecule has 2 N–H and O–H groups in total. The average molecular weight is 459 g/mol. The van der Waals surface area contributed by atoms with Crippen LogP contribution >= 0.6 is 0 Å². The van der Waals surface area contributed by atoms with E-state index in [-0.39, 0.29) is 6.03 Å². The Balaban J connectivity index is 1.06. The van der Waals surface area contributed by atoms with E-state index in [0.717, 1.165) is 51.1 Å². The maximum Gasteiger partial charge on any atom is 0.319 e. The van der Waals surface area contributed by atoms with Crippen molar-refractivity contribution < 1.29 is 4.79 Å². The van der Waals surface area contributed by atoms with Gasteiger partial charge in [-0.2, -0.15) is 5.26 Å². The van der Waals surface area contributed by atoms with Gasteiger partial charge in [0.05, 0.1) is 11.6 Å². The molecule has 2 amide bonds. The fraction of sp³-hybridized carbons (Fsp3) is 0.481. The number of nitrogens with zero attached hydrogens (tertiary/aromatic N) is 4. The van der Waals surface area contributed by atoms with E-state index in [1.807, 2.05) is 0 Å². The van der Waals surface area contributed by atoms with Crippen molar-refractivity contribution in [2.24, 2.45) is 11.8 Å². The van der Waals surface area contributed by atoms with Crippen molar-refractivity contribution in [3.63, 3.8) is 0 Å². The molecule has 0 aliphatic carbocycles. The number of nitrogens with one attached hydrogen (secondary N) is 2. The van der Waals surface area contributed by atoms with Crippen LogP contribution in [0.1, 0.15) is 18.4 Å². The molecular formula is C27H34N6O. The summed E-state index contributed by atoms with van der Waals surface area (Å²) in [5.41, 5.74) is 2.53. The number of rotatable bonds is 6. The highest BCUT2D eigenvalue weighted by Crippen LogP contribution is 2.36. The molecule has 7 heteroatoms. The van der Waals surface area contributed by atoms with Crippen LogP contribution in [0.5, 0.6) is 0 Å². The molecule has 0 aromatic heterocycles. The Kier molecular flexibility index (Phi) is 6.98. The highest BCUT2D eigenvalue weighted by molar-refractivity contribution is 5.89. The topological polar surface area (TPSA) is 74.6 Å². The molecule has 0 saturated carbocycles. The first-order chi connectivity index (χ1) is 16.7. The Morgan fingerprint density at radius 1 is 1.03 bits per heavy atom. The second kappa shape index (κ2) is 10.5. The van der Waals surface area contributed by atoms with Gasteiger partial charge in [-0.25, -0.2) is 4.79 Å². The van der Waals surface area contributed by atoms with Crippen molar-refractivity contribution in [2.45, 2.75) is 18.9 Å². The number of carbonyl (C=O) groups excluding carboxylic acids is 1. The minimum atomic E-state index is -0.203. The second-order valence-corrected chi connectivity index (χ2v) is 9.84. The highest BCUT2D eigenvalue weighted by atomic mass is 16.2. The van der Waals surface area contributed by atoms with Crippen LogP contribution in [0.3, 0.4) is 0 Å². The van der Waals surface area contributed by atoms with Gasteiger partial charge in [0.2, 0.25) is 0 Å². The maximum atomic E-state index is 12.4. The molecule has 4 fully saturated rings. The number of hydrogen-bond donors (Lipinski definition) is 2. The Morgan fingerprint density at radius 3 is 2.59 bits per heavy atom. The summed E-state index contributed by atoms with van der Waals surface area (Å²) in [6, 6.07) is 20.1. The van der Waals surface area contributed by atoms with Crippen molar-refractivity contribution in [3.8, 4) is 6.07 Å². The fourth-order valence-electron chi connectivity index (χ4n) is 5.88. The molecule has 2 bridgehead atoms. The summed E-state index contributed by atoms with van der Waals surface area (Å²) in [6.07, 6.45) is 2.44. The Bertz CT molecular complexity index is 1010. The summed E-state index contributed by atoms with van der Waals surface area (Å²) in [4.78, 5) is 20.1. The quantitative estimate of drug-likeness (QED) is 0.695. The molecule has 2 aromatic rings. The van der Waals surface area contributed by atoms with Gasteiger partial charge in [0.1, 0.15) is 0 Å². The Labute approximate surface area is 202 Å². The zero-order valence-corrected chi connectivity index (χ0v) is 19.7. The van der Waals surface area contributed by atoms with E-state index in [0.29, 0.717) is 23.8 Å². The number of anilines is 2. The molecule has 7 nitrogen and oxygen atoms in total. The van der Waals surface area contributed by atoms with Crippen LogP contribution in [0.2, 0.25) is 0 Å². The van der Waals surface area contributed by atoms with Gasteiger partial charge in [0.15, 0.2) is 0 Å². The number of piperazine rings is 1. The summed E-state index contributed by atoms with van der Waals surface area (Å²) in [5.74, 6) is 1.48. The van der Waals surface area contributed by atoms with Crippen LogP contribution in [-0.4, -0.2) is 74.2 Å². The lowest BCUT2D eigenvalue weighted by atomic mass is 9.75. The first-order valence-electron chi connectivity index (χ1n) is 12.5. The van der Waals surface area contributed by atoms with E-state index >= 15 is 0 Å². The van der Waals surface area contributed by atoms with Gasteiger partial charge < -0.3 is 15.5 Å². The van der Waals surface area contributed by atoms with E-state index in [1.54, 1.807) is 24.3 Å². The molecule has 0 radical (unpaired) electrons. The first-order valence-corrected chi connectivity index (χ1v) is 12.5. The lowest BCUT2D eigenvalue weighted by Crippen LogP contribution is -2.59. The van der Waals surface area contributed by atoms with Gasteiger partial charge in [-0.3, -0.25) is 9.80 Å². The predicted octanol–water partition coefficient (Wildman–Crippen LogP) is 3.21. The van der Waals surface area contributed by atoms with E-state index in [1.165, 1.54) is 25.1 Å². The first kappa shape index (κ1) is 22.7. The number of benzene rings is 2. The molecule has 6 rings (SSSR count). The van der Waals surface area contributed by atoms with Gasteiger partial charge in [0.25, 0.3) is 0 Å². The molecule has 4 saturated heterocycles. The number of piperidine rings is 3. The molecule has 178 valence electrons. The molecule has 2 aromatic carbocycles. The predicted molar refractivity (Wildman–Crippen MR) is 135 cm³/mol. The Hall–Kier alpha value is -3.08. The third-order valence-electron chi connectivity index (χ3n) is 7.75. The standard InChI is InChI=1S/C27H34N6O/c28-17-21-5-4-6-24(15-21)30-27(34)29-18-26-16-22-9-10-33(26)20-23(22)19-31-11-13-32(14-12-31)25-7-2-1-3-8-25/h1-8,15,22-23,26H,9-14,16,18-20H2,(H2,29,30,34)/t22-,23+,26+/m0/s1. The number of amides is 2. The molecule has 1 unspecified atom stereocenters. The van der Waals surface area contributed by atoms with Crippen molar-refractivity contribution in [3.05, 3.63) is 60.2 Å². The number of carbonyl (C=O) groups is 1. The van der Waals surface area contributed by atoms with Crippen LogP contribution in [0.4, 0.5) is 16.2 Å². The summed E-state index contributed by atoms with van der Waals surface area (Å²) in [5, 5.41) is 14.9. The third kappa shape index (κ3) is 5.35. The maximum absolute atomic E-state index is 12.4. The number of urea groups is 1. The van der Waals surface area contributed by atoms with Gasteiger partial charge in [-0.1, -0.05) is 24.3 Å². The van der Waals surface area contributed by atoms with Gasteiger partial charge >= 0.3 is 6.03 Å². The minimum absolute atomic E-state index is 0.203. The van der Waals surface area contributed by atoms with Crippen LogP contribution in [0.15, 0.2) is 54.6 Å². The largest absolute Gasteiger partial charge is 0.369 e. The second-order valence-electron chi connectivity index (χ2n) is 9.84. The SMILES string of the molecule is N#Cc1cccc(NC(=O)NC[C@H]2C[C@@H]3CCN2C[C@H]3CN2CCN(c3ccccc3)CC2)c1.